The van der Waals surface area contributed by atoms with Gasteiger partial charge in [0.25, 0.3) is 0 Å². The quantitative estimate of drug-likeness (QED) is 0.397. The van der Waals surface area contributed by atoms with E-state index in [0.29, 0.717) is 0 Å². The maximum Gasteiger partial charge on any atom is 3.00 e. The van der Waals surface area contributed by atoms with E-state index in [2.05, 4.69) is 70.3 Å². The molecule has 0 saturated carbocycles. The van der Waals surface area contributed by atoms with Crippen LogP contribution in [0.3, 0.4) is 0 Å². The minimum absolute atomic E-state index is 0. The summed E-state index contributed by atoms with van der Waals surface area (Å²) in [5.41, 5.74) is 2.73. The molecule has 5 heteroatoms. The Labute approximate surface area is 155 Å². The number of allylic oxidation sites excluding steroid dienone is 1. The first kappa shape index (κ1) is 32.4. The zero-order valence-electron chi connectivity index (χ0n) is 13.0. The van der Waals surface area contributed by atoms with Gasteiger partial charge in [0.2, 0.25) is 0 Å². The largest absolute Gasteiger partial charge is 3.00 e. The molecular formula is C15H26Cl2NSiTi. The molecule has 2 N–H and O–H groups in total. The first-order chi connectivity index (χ1) is 7.61. The fourth-order valence-corrected chi connectivity index (χ4v) is 1.11. The smallest absolute Gasteiger partial charge is 0.693 e. The molecule has 1 aliphatic carbocycles. The molecule has 3 radical (unpaired) electrons. The van der Waals surface area contributed by atoms with Gasteiger partial charge < -0.3 is 12.1 Å². The number of hydrogen-bond acceptors (Lipinski definition) is 0. The van der Waals surface area contributed by atoms with Crippen molar-refractivity contribution in [3.8, 4) is 0 Å². The molecule has 0 spiro atoms. The average Bonchev–Trinajstić information content (AvgIpc) is 2.65. The third-order valence-corrected chi connectivity index (χ3v) is 1.61. The molecule has 1 nitrogen and oxygen atoms in total. The molecule has 0 aromatic heterocycles. The van der Waals surface area contributed by atoms with E-state index in [4.69, 9.17) is 0 Å². The Hall–Kier alpha value is 0.431. The number of nitrogens with two attached hydrogens (primary N) is 1. The van der Waals surface area contributed by atoms with Crippen molar-refractivity contribution < 1.29 is 21.7 Å². The third kappa shape index (κ3) is 18.4. The topological polar surface area (TPSA) is 33.5 Å². The predicted molar refractivity (Wildman–Crippen MR) is 95.4 cm³/mol. The maximum atomic E-state index is 3.16. The fourth-order valence-electron chi connectivity index (χ4n) is 1.11. The fraction of sp³-hybridized carbons (Fsp3) is 0.400. The van der Waals surface area contributed by atoms with Gasteiger partial charge in [-0.05, 0) is 0 Å². The minimum atomic E-state index is 0. The van der Waals surface area contributed by atoms with E-state index >= 15 is 0 Å². The Morgan fingerprint density at radius 3 is 1.85 bits per heavy atom. The zero-order chi connectivity index (χ0) is 12.4. The van der Waals surface area contributed by atoms with Gasteiger partial charge in [-0.1, -0.05) is 31.3 Å². The summed E-state index contributed by atoms with van der Waals surface area (Å²) >= 11 is 0. The van der Waals surface area contributed by atoms with Gasteiger partial charge in [-0.15, -0.1) is 42.9 Å². The van der Waals surface area contributed by atoms with E-state index < -0.39 is 0 Å². The molecule has 20 heavy (non-hydrogen) atoms. The van der Waals surface area contributed by atoms with Crippen molar-refractivity contribution in [3.05, 3.63) is 53.5 Å². The SMILES string of the molecule is C[C-](C)C.C[Si]C.Cl.Cl.[C-]1=Cc2ccccc2C1.[NH2-].[Ti+3]. The predicted octanol–water partition coefficient (Wildman–Crippen LogP) is 6.02. The second-order valence-electron chi connectivity index (χ2n) is 4.22. The second-order valence-corrected chi connectivity index (χ2v) is 5.22. The Balaban J connectivity index is -0.0000000607. The van der Waals surface area contributed by atoms with Crippen LogP contribution in [0.15, 0.2) is 24.3 Å². The van der Waals surface area contributed by atoms with E-state index in [0.717, 1.165) is 15.9 Å². The van der Waals surface area contributed by atoms with Crippen LogP contribution in [0.1, 0.15) is 31.9 Å². The summed E-state index contributed by atoms with van der Waals surface area (Å²) in [6.07, 6.45) is 6.21. The minimum Gasteiger partial charge on any atom is -0.693 e. The molecule has 1 aromatic carbocycles. The first-order valence-electron chi connectivity index (χ1n) is 5.61. The van der Waals surface area contributed by atoms with Gasteiger partial charge in [0.15, 0.2) is 0 Å². The van der Waals surface area contributed by atoms with E-state index in [1.165, 1.54) is 17.0 Å². The second kappa shape index (κ2) is 21.7. The van der Waals surface area contributed by atoms with Gasteiger partial charge in [-0.25, -0.2) is 6.08 Å². The number of rotatable bonds is 0. The van der Waals surface area contributed by atoms with Crippen LogP contribution in [0.4, 0.5) is 0 Å². The standard InChI is InChI=1S/C9H7.C4H9.C2H6Si.2ClH.H2N.Ti/c1-2-5-9-7-3-6-8(9)4-1;1-4(2)3;1-3-2;;;;/h1-2,4-6H,7H2;1-3H3;1-2H3;2*1H;1H2;/q2*-1;;;;-1;+3. The number of hydrogen-bond donors (Lipinski definition) is 0. The van der Waals surface area contributed by atoms with Crippen LogP contribution in [0.5, 0.6) is 0 Å². The van der Waals surface area contributed by atoms with Gasteiger partial charge in [-0.2, -0.15) is 26.3 Å². The molecule has 0 unspecified atom stereocenters. The van der Waals surface area contributed by atoms with Crippen molar-refractivity contribution in [2.45, 2.75) is 40.3 Å². The van der Waals surface area contributed by atoms with Crippen LogP contribution in [0, 0.1) is 12.0 Å². The maximum absolute atomic E-state index is 3.16. The van der Waals surface area contributed by atoms with Crippen LogP contribution in [0.2, 0.25) is 13.1 Å². The van der Waals surface area contributed by atoms with Gasteiger partial charge in [0.1, 0.15) is 0 Å². The van der Waals surface area contributed by atoms with Gasteiger partial charge in [-0.3, -0.25) is 6.08 Å². The van der Waals surface area contributed by atoms with E-state index in [-0.39, 0.29) is 52.7 Å². The summed E-state index contributed by atoms with van der Waals surface area (Å²) in [4.78, 5) is 0. The summed E-state index contributed by atoms with van der Waals surface area (Å²) in [5.74, 6) is 1.42. The number of benzene rings is 1. The van der Waals surface area contributed by atoms with Gasteiger partial charge >= 0.3 is 21.7 Å². The molecule has 0 atom stereocenters. The Kier molecular flexibility index (Phi) is 35.2. The van der Waals surface area contributed by atoms with Crippen LogP contribution in [-0.2, 0) is 28.1 Å². The van der Waals surface area contributed by atoms with Crippen molar-refractivity contribution in [1.29, 1.82) is 0 Å². The number of halogens is 2. The molecule has 0 bridgehead atoms. The summed E-state index contributed by atoms with van der Waals surface area (Å²) in [7, 11) is 1.08. The van der Waals surface area contributed by atoms with Crippen molar-refractivity contribution in [1.82, 2.24) is 0 Å². The van der Waals surface area contributed by atoms with Crippen molar-refractivity contribution in [3.63, 3.8) is 0 Å². The van der Waals surface area contributed by atoms with Crippen molar-refractivity contribution >= 4 is 40.4 Å². The summed E-state index contributed by atoms with van der Waals surface area (Å²) in [6.45, 7) is 10.6. The molecule has 0 amide bonds. The zero-order valence-corrected chi connectivity index (χ0v) is 17.2. The first-order valence-corrected chi connectivity index (χ1v) is 7.61. The van der Waals surface area contributed by atoms with Crippen LogP contribution >= 0.6 is 24.8 Å². The van der Waals surface area contributed by atoms with Gasteiger partial charge in [0, 0.05) is 9.52 Å². The molecular weight excluding hydrogens is 341 g/mol. The van der Waals surface area contributed by atoms with E-state index in [1.807, 2.05) is 0 Å². The van der Waals surface area contributed by atoms with Gasteiger partial charge in [0.05, 0.1) is 0 Å². The normalized spacial score (nSPS) is 8.90. The third-order valence-electron chi connectivity index (χ3n) is 1.61. The summed E-state index contributed by atoms with van der Waals surface area (Å²) in [5, 5.41) is 0. The van der Waals surface area contributed by atoms with Crippen molar-refractivity contribution in [2.24, 2.45) is 0 Å². The van der Waals surface area contributed by atoms with Crippen LogP contribution in [0.25, 0.3) is 12.2 Å². The molecule has 0 saturated heterocycles. The van der Waals surface area contributed by atoms with Crippen molar-refractivity contribution in [2.75, 3.05) is 0 Å². The number of fused-ring (bicyclic) bond motifs is 1. The summed E-state index contributed by atoms with van der Waals surface area (Å²) < 4.78 is 0. The van der Waals surface area contributed by atoms with Crippen LogP contribution < -0.4 is 0 Å². The monoisotopic (exact) mass is 366 g/mol. The molecule has 0 aliphatic heterocycles. The van der Waals surface area contributed by atoms with E-state index in [1.54, 1.807) is 0 Å². The van der Waals surface area contributed by atoms with E-state index in [9.17, 15) is 0 Å². The molecule has 1 aliphatic rings. The Morgan fingerprint density at radius 1 is 1.05 bits per heavy atom. The molecule has 1 aromatic rings. The average molecular weight is 367 g/mol. The van der Waals surface area contributed by atoms with Crippen LogP contribution in [-0.4, -0.2) is 9.52 Å². The molecule has 2 rings (SSSR count). The Bertz CT molecular complexity index is 318. The molecule has 113 valence electrons. The summed E-state index contributed by atoms with van der Waals surface area (Å²) in [6, 6.07) is 8.39. The molecule has 0 heterocycles. The Morgan fingerprint density at radius 2 is 1.45 bits per heavy atom. The molecule has 0 fully saturated rings.